The Morgan fingerprint density at radius 3 is 2.50 bits per heavy atom. The van der Waals surface area contributed by atoms with Crippen molar-refractivity contribution in [2.24, 2.45) is 0 Å². The fourth-order valence-electron chi connectivity index (χ4n) is 1.82. The van der Waals surface area contributed by atoms with E-state index < -0.39 is 30.8 Å². The summed E-state index contributed by atoms with van der Waals surface area (Å²) in [7, 11) is 0. The van der Waals surface area contributed by atoms with Gasteiger partial charge in [0.2, 0.25) is 0 Å². The number of hydrogen-bond acceptors (Lipinski definition) is 6. The van der Waals surface area contributed by atoms with Crippen LogP contribution in [-0.4, -0.2) is 30.8 Å². The van der Waals surface area contributed by atoms with Gasteiger partial charge in [-0.15, -0.1) is 0 Å². The van der Waals surface area contributed by atoms with Crippen LogP contribution >= 0.6 is 11.6 Å². The van der Waals surface area contributed by atoms with Crippen LogP contribution in [0, 0.1) is 0 Å². The van der Waals surface area contributed by atoms with Crippen molar-refractivity contribution < 1.29 is 32.6 Å². The maximum Gasteiger partial charge on any atom is 0.350 e. The Morgan fingerprint density at radius 1 is 1.29 bits per heavy atom. The Bertz CT molecular complexity index is 668. The highest BCUT2D eigenvalue weighted by atomic mass is 35.5. The molecule has 1 aromatic carbocycles. The number of hydrogen-bond donors (Lipinski definition) is 1. The molecule has 0 radical (unpaired) electrons. The minimum atomic E-state index is -2.66. The summed E-state index contributed by atoms with van der Waals surface area (Å²) in [6, 6.07) is 4.22. The van der Waals surface area contributed by atoms with Gasteiger partial charge >= 0.3 is 11.9 Å². The van der Waals surface area contributed by atoms with Crippen LogP contribution in [0.2, 0.25) is 5.02 Å². The maximum absolute atomic E-state index is 12.3. The molecule has 1 aromatic rings. The molecule has 1 N–H and O–H groups in total. The highest BCUT2D eigenvalue weighted by molar-refractivity contribution is 6.31. The largest absolute Gasteiger partial charge is 0.485 e. The van der Waals surface area contributed by atoms with Crippen molar-refractivity contribution in [2.45, 2.75) is 26.1 Å². The summed E-state index contributed by atoms with van der Waals surface area (Å²) < 4.78 is 39.4. The zero-order valence-electron chi connectivity index (χ0n) is 12.8. The van der Waals surface area contributed by atoms with Crippen LogP contribution < -0.4 is 10.1 Å². The molecule has 2 rings (SSSR count). The molecule has 1 heterocycles. The molecule has 1 fully saturated rings. The summed E-state index contributed by atoms with van der Waals surface area (Å²) in [5.41, 5.74) is -0.185. The van der Waals surface area contributed by atoms with E-state index >= 15 is 0 Å². The lowest BCUT2D eigenvalue weighted by Gasteiger charge is -2.29. The molecule has 0 aliphatic carbocycles. The Balaban J connectivity index is 2.20. The summed E-state index contributed by atoms with van der Waals surface area (Å²) in [5, 5.41) is 2.92. The molecule has 24 heavy (non-hydrogen) atoms. The molecule has 0 amide bonds. The van der Waals surface area contributed by atoms with E-state index in [0.29, 0.717) is 5.02 Å². The van der Waals surface area contributed by atoms with E-state index in [0.717, 1.165) is 6.20 Å². The predicted molar refractivity (Wildman–Crippen MR) is 80.9 cm³/mol. The van der Waals surface area contributed by atoms with Gasteiger partial charge in [0, 0.05) is 25.1 Å². The molecular weight excluding hydrogens is 348 g/mol. The van der Waals surface area contributed by atoms with Gasteiger partial charge in [0.1, 0.15) is 12.4 Å². The van der Waals surface area contributed by atoms with Crippen molar-refractivity contribution in [2.75, 3.05) is 11.9 Å². The molecule has 9 heteroatoms. The van der Waals surface area contributed by atoms with Gasteiger partial charge in [-0.05, 0) is 18.2 Å². The number of carbonyl (C=O) groups excluding carboxylic acids is 2. The van der Waals surface area contributed by atoms with Crippen LogP contribution in [0.25, 0.3) is 0 Å². The number of halogens is 3. The molecule has 0 atom stereocenters. The normalized spacial score (nSPS) is 16.5. The lowest BCUT2D eigenvalue weighted by molar-refractivity contribution is -0.222. The predicted octanol–water partition coefficient (Wildman–Crippen LogP) is 3.12. The van der Waals surface area contributed by atoms with Crippen molar-refractivity contribution in [3.63, 3.8) is 0 Å². The average Bonchev–Trinajstić information content (AvgIpc) is 2.44. The third-order valence-electron chi connectivity index (χ3n) is 2.80. The number of esters is 2. The first-order valence-corrected chi connectivity index (χ1v) is 7.19. The summed E-state index contributed by atoms with van der Waals surface area (Å²) in [6.07, 6.45) is -1.61. The molecule has 6 nitrogen and oxygen atoms in total. The van der Waals surface area contributed by atoms with Crippen molar-refractivity contribution in [3.05, 3.63) is 35.0 Å². The van der Waals surface area contributed by atoms with Crippen LogP contribution in [0.1, 0.15) is 13.8 Å². The third-order valence-corrected chi connectivity index (χ3v) is 3.03. The van der Waals surface area contributed by atoms with E-state index in [-0.39, 0.29) is 17.0 Å². The van der Waals surface area contributed by atoms with Crippen molar-refractivity contribution in [1.29, 1.82) is 0 Å². The number of rotatable bonds is 5. The first-order chi connectivity index (χ1) is 11.2. The molecular formula is C15H14ClF2NO5. The second-order valence-electron chi connectivity index (χ2n) is 5.22. The lowest BCUT2D eigenvalue weighted by Crippen LogP contribution is -2.42. The summed E-state index contributed by atoms with van der Waals surface area (Å²) in [4.78, 5) is 23.6. The second-order valence-corrected chi connectivity index (χ2v) is 5.66. The number of benzene rings is 1. The van der Waals surface area contributed by atoms with Gasteiger partial charge in [0.15, 0.2) is 5.57 Å². The highest BCUT2D eigenvalue weighted by Crippen LogP contribution is 2.29. The first-order valence-electron chi connectivity index (χ1n) is 6.82. The lowest BCUT2D eigenvalue weighted by atomic mass is 10.2. The SMILES string of the molecule is CC1(C)OC(=O)C(=CNc2cc(Cl)ccc2OCC(F)F)C(=O)O1. The highest BCUT2D eigenvalue weighted by Gasteiger charge is 2.38. The maximum atomic E-state index is 12.3. The number of anilines is 1. The van der Waals surface area contributed by atoms with Gasteiger partial charge in [0.05, 0.1) is 5.69 Å². The quantitative estimate of drug-likeness (QED) is 0.493. The van der Waals surface area contributed by atoms with E-state index in [1.54, 1.807) is 0 Å². The van der Waals surface area contributed by atoms with E-state index in [4.69, 9.17) is 25.8 Å². The van der Waals surface area contributed by atoms with Gasteiger partial charge in [-0.25, -0.2) is 18.4 Å². The number of nitrogens with one attached hydrogen (secondary N) is 1. The minimum absolute atomic E-state index is 0.0782. The molecule has 0 unspecified atom stereocenters. The summed E-state index contributed by atoms with van der Waals surface area (Å²) >= 11 is 5.85. The van der Waals surface area contributed by atoms with Gasteiger partial charge in [-0.1, -0.05) is 11.6 Å². The summed E-state index contributed by atoms with van der Waals surface area (Å²) in [5.74, 6) is -3.02. The topological polar surface area (TPSA) is 73.9 Å². The van der Waals surface area contributed by atoms with E-state index in [2.05, 4.69) is 5.32 Å². The Hall–Kier alpha value is -2.35. The van der Waals surface area contributed by atoms with E-state index in [1.807, 2.05) is 0 Å². The Morgan fingerprint density at radius 2 is 1.92 bits per heavy atom. The number of cyclic esters (lactones) is 2. The molecule has 0 bridgehead atoms. The third kappa shape index (κ3) is 4.58. The van der Waals surface area contributed by atoms with Gasteiger partial charge in [0.25, 0.3) is 12.2 Å². The standard InChI is InChI=1S/C15H14ClF2NO5/c1-15(2)23-13(20)9(14(21)24-15)6-19-10-5-8(16)3-4-11(10)22-7-12(17)18/h3-6,12,19H,7H2,1-2H3. The molecule has 0 aromatic heterocycles. The molecule has 0 saturated carbocycles. The summed E-state index contributed by atoms with van der Waals surface area (Å²) in [6.45, 7) is 2.02. The van der Waals surface area contributed by atoms with Crippen molar-refractivity contribution in [1.82, 2.24) is 0 Å². The smallest absolute Gasteiger partial charge is 0.350 e. The number of alkyl halides is 2. The van der Waals surface area contributed by atoms with Crippen LogP contribution in [0.15, 0.2) is 30.0 Å². The molecule has 1 saturated heterocycles. The number of carbonyl (C=O) groups is 2. The van der Waals surface area contributed by atoms with Gasteiger partial charge in [-0.2, -0.15) is 0 Å². The molecule has 1 aliphatic rings. The minimum Gasteiger partial charge on any atom is -0.485 e. The Kier molecular flexibility index (Phi) is 5.28. The molecule has 130 valence electrons. The fourth-order valence-corrected chi connectivity index (χ4v) is 1.99. The van der Waals surface area contributed by atoms with E-state index in [1.165, 1.54) is 32.0 Å². The zero-order chi connectivity index (χ0) is 17.9. The van der Waals surface area contributed by atoms with Crippen LogP contribution in [0.4, 0.5) is 14.5 Å². The monoisotopic (exact) mass is 361 g/mol. The molecule has 0 spiro atoms. The van der Waals surface area contributed by atoms with Crippen molar-refractivity contribution >= 4 is 29.2 Å². The average molecular weight is 362 g/mol. The fraction of sp³-hybridized carbons (Fsp3) is 0.333. The second kappa shape index (κ2) is 7.04. The number of ether oxygens (including phenoxy) is 3. The van der Waals surface area contributed by atoms with E-state index in [9.17, 15) is 18.4 Å². The first kappa shape index (κ1) is 18.0. The molecule has 1 aliphatic heterocycles. The van der Waals surface area contributed by atoms with Crippen LogP contribution in [0.3, 0.4) is 0 Å². The van der Waals surface area contributed by atoms with Gasteiger partial charge < -0.3 is 19.5 Å². The van der Waals surface area contributed by atoms with Crippen LogP contribution in [0.5, 0.6) is 5.75 Å². The van der Waals surface area contributed by atoms with Gasteiger partial charge in [-0.3, -0.25) is 0 Å². The Labute approximate surface area is 141 Å². The van der Waals surface area contributed by atoms with Crippen LogP contribution in [-0.2, 0) is 19.1 Å². The van der Waals surface area contributed by atoms with Crippen molar-refractivity contribution in [3.8, 4) is 5.75 Å². The zero-order valence-corrected chi connectivity index (χ0v) is 13.5.